The Morgan fingerprint density at radius 3 is 2.45 bits per heavy atom. The Hall–Kier alpha value is -5.31. The Morgan fingerprint density at radius 1 is 0.900 bits per heavy atom. The van der Waals surface area contributed by atoms with Crippen molar-refractivity contribution in [1.82, 2.24) is 25.3 Å². The fourth-order valence-electron chi connectivity index (χ4n) is 4.88. The molecule has 0 aliphatic rings. The van der Waals surface area contributed by atoms with Gasteiger partial charge in [0.2, 0.25) is 11.8 Å². The first-order valence-corrected chi connectivity index (χ1v) is 12.8. The van der Waals surface area contributed by atoms with Gasteiger partial charge >= 0.3 is 0 Å². The number of hydrogen-bond acceptors (Lipinski definition) is 4. The molecule has 2 N–H and O–H groups in total. The van der Waals surface area contributed by atoms with Gasteiger partial charge in [0.1, 0.15) is 23.9 Å². The Morgan fingerprint density at radius 2 is 1.62 bits per heavy atom. The number of hydrogen-bond donors (Lipinski definition) is 2. The van der Waals surface area contributed by atoms with Gasteiger partial charge in [-0.3, -0.25) is 14.5 Å². The molecule has 9 heteroatoms. The monoisotopic (exact) mass is 532 g/mol. The van der Waals surface area contributed by atoms with Crippen LogP contribution in [0.3, 0.4) is 0 Å². The number of nitrogens with one attached hydrogen (secondary N) is 2. The first-order valence-electron chi connectivity index (χ1n) is 12.8. The van der Waals surface area contributed by atoms with Crippen LogP contribution >= 0.6 is 0 Å². The summed E-state index contributed by atoms with van der Waals surface area (Å²) >= 11 is 0. The maximum atomic E-state index is 14.1. The summed E-state index contributed by atoms with van der Waals surface area (Å²) in [4.78, 5) is 32.8. The summed E-state index contributed by atoms with van der Waals surface area (Å²) in [6.07, 6.45) is 1.74. The predicted octanol–water partition coefficient (Wildman–Crippen LogP) is 5.14. The highest BCUT2D eigenvalue weighted by Crippen LogP contribution is 2.33. The molecule has 6 rings (SSSR count). The van der Waals surface area contributed by atoms with Crippen molar-refractivity contribution < 1.29 is 14.0 Å². The van der Waals surface area contributed by atoms with Gasteiger partial charge in [0.05, 0.1) is 5.52 Å². The molecule has 0 radical (unpaired) electrons. The molecule has 0 saturated carbocycles. The summed E-state index contributed by atoms with van der Waals surface area (Å²) in [5.74, 6) is -1.24. The fourth-order valence-corrected chi connectivity index (χ4v) is 4.88. The first kappa shape index (κ1) is 25.0. The molecule has 6 aromatic rings. The van der Waals surface area contributed by atoms with Crippen molar-refractivity contribution in [2.24, 2.45) is 0 Å². The number of rotatable bonds is 8. The van der Waals surface area contributed by atoms with E-state index >= 15 is 0 Å². The number of aromatic amines is 1. The molecule has 198 valence electrons. The highest BCUT2D eigenvalue weighted by molar-refractivity contribution is 6.03. The molecule has 0 unspecified atom stereocenters. The molecule has 0 spiro atoms. The third-order valence-electron chi connectivity index (χ3n) is 6.81. The Labute approximate surface area is 229 Å². The fraction of sp³-hybridized carbons (Fsp3) is 0.0968. The molecule has 0 saturated heterocycles. The molecule has 0 bridgehead atoms. The zero-order valence-electron chi connectivity index (χ0n) is 21.4. The minimum absolute atomic E-state index is 0.178. The third-order valence-corrected chi connectivity index (χ3v) is 6.81. The number of benzene rings is 4. The van der Waals surface area contributed by atoms with Crippen LogP contribution in [0.5, 0.6) is 0 Å². The number of fused-ring (bicyclic) bond motifs is 2. The van der Waals surface area contributed by atoms with Crippen molar-refractivity contribution in [2.45, 2.75) is 19.1 Å². The van der Waals surface area contributed by atoms with E-state index in [2.05, 4.69) is 20.6 Å². The summed E-state index contributed by atoms with van der Waals surface area (Å²) in [6.45, 7) is 0.0976. The predicted molar refractivity (Wildman–Crippen MR) is 151 cm³/mol. The lowest BCUT2D eigenvalue weighted by Gasteiger charge is -2.31. The second kappa shape index (κ2) is 10.8. The minimum atomic E-state index is -1.06. The zero-order valence-corrected chi connectivity index (χ0v) is 21.4. The molecule has 0 aliphatic heterocycles. The van der Waals surface area contributed by atoms with Crippen molar-refractivity contribution in [3.05, 3.63) is 126 Å². The summed E-state index contributed by atoms with van der Waals surface area (Å²) in [5.41, 5.74) is 4.07. The number of aromatic nitrogens is 4. The van der Waals surface area contributed by atoms with Crippen LogP contribution in [0.15, 0.2) is 109 Å². The summed E-state index contributed by atoms with van der Waals surface area (Å²) in [6, 6.07) is 28.9. The average Bonchev–Trinajstić information content (AvgIpc) is 3.60. The normalized spacial score (nSPS) is 11.9. The number of nitrogens with zero attached hydrogens (tertiary/aromatic N) is 4. The van der Waals surface area contributed by atoms with E-state index < -0.39 is 17.8 Å². The SMILES string of the molecule is O=C(NCc1ccccc1)[C@H](c1c[nH]c2ccccc12)N(C(=O)Cn1nnc2ccccc21)c1ccc(F)cc1. The van der Waals surface area contributed by atoms with Gasteiger partial charge in [-0.2, -0.15) is 0 Å². The average molecular weight is 533 g/mol. The lowest BCUT2D eigenvalue weighted by molar-refractivity contribution is -0.127. The Kier molecular flexibility index (Phi) is 6.76. The molecule has 0 fully saturated rings. The molecule has 4 aromatic carbocycles. The van der Waals surface area contributed by atoms with E-state index in [0.29, 0.717) is 22.3 Å². The molecule has 2 heterocycles. The van der Waals surface area contributed by atoms with E-state index in [1.54, 1.807) is 6.20 Å². The largest absolute Gasteiger partial charge is 0.361 e. The van der Waals surface area contributed by atoms with Gasteiger partial charge in [-0.25, -0.2) is 9.07 Å². The highest BCUT2D eigenvalue weighted by Gasteiger charge is 2.35. The van der Waals surface area contributed by atoms with Crippen LogP contribution in [-0.4, -0.2) is 31.8 Å². The zero-order chi connectivity index (χ0) is 27.5. The Bertz CT molecular complexity index is 1800. The number of carbonyl (C=O) groups is 2. The van der Waals surface area contributed by atoms with Gasteiger partial charge in [-0.15, -0.1) is 5.10 Å². The van der Waals surface area contributed by atoms with Crippen molar-refractivity contribution >= 4 is 39.4 Å². The van der Waals surface area contributed by atoms with Crippen LogP contribution in [0.1, 0.15) is 17.2 Å². The molecule has 0 aliphatic carbocycles. The van der Waals surface area contributed by atoms with Crippen molar-refractivity contribution in [3.8, 4) is 0 Å². The standard InChI is InChI=1S/C31H25FN6O2/c32-22-14-16-23(17-15-22)38(29(39)20-37-28-13-7-6-12-27(28)35-36-37)30(25-19-33-26-11-5-4-10-24(25)26)31(40)34-18-21-8-2-1-3-9-21/h1-17,19,30,33H,18,20H2,(H,34,40)/t30-/m0/s1. The Balaban J connectivity index is 1.44. The number of H-pyrrole nitrogens is 1. The van der Waals surface area contributed by atoms with Crippen LogP contribution in [0, 0.1) is 5.82 Å². The van der Waals surface area contributed by atoms with Gasteiger partial charge in [0, 0.05) is 34.9 Å². The van der Waals surface area contributed by atoms with Crippen molar-refractivity contribution in [3.63, 3.8) is 0 Å². The van der Waals surface area contributed by atoms with E-state index in [4.69, 9.17) is 0 Å². The van der Waals surface area contributed by atoms with Crippen LogP contribution in [-0.2, 0) is 22.7 Å². The molecule has 2 aromatic heterocycles. The van der Waals surface area contributed by atoms with Gasteiger partial charge in [-0.05, 0) is 48.0 Å². The number of carbonyl (C=O) groups excluding carboxylic acids is 2. The van der Waals surface area contributed by atoms with Gasteiger partial charge in [0.25, 0.3) is 0 Å². The van der Waals surface area contributed by atoms with Crippen LogP contribution in [0.2, 0.25) is 0 Å². The molecule has 2 amide bonds. The molecular weight excluding hydrogens is 507 g/mol. The van der Waals surface area contributed by atoms with Crippen LogP contribution < -0.4 is 10.2 Å². The topological polar surface area (TPSA) is 95.9 Å². The van der Waals surface area contributed by atoms with E-state index in [0.717, 1.165) is 16.5 Å². The number of amides is 2. The van der Waals surface area contributed by atoms with E-state index in [1.165, 1.54) is 33.8 Å². The van der Waals surface area contributed by atoms with Crippen LogP contribution in [0.25, 0.3) is 21.9 Å². The lowest BCUT2D eigenvalue weighted by atomic mass is 10.0. The van der Waals surface area contributed by atoms with Gasteiger partial charge < -0.3 is 10.3 Å². The van der Waals surface area contributed by atoms with Gasteiger partial charge in [0.15, 0.2) is 0 Å². The van der Waals surface area contributed by atoms with Gasteiger partial charge in [-0.1, -0.05) is 65.9 Å². The summed E-state index contributed by atoms with van der Waals surface area (Å²) in [7, 11) is 0. The first-order chi connectivity index (χ1) is 19.6. The minimum Gasteiger partial charge on any atom is -0.361 e. The van der Waals surface area contributed by atoms with E-state index in [9.17, 15) is 14.0 Å². The number of anilines is 1. The lowest BCUT2D eigenvalue weighted by Crippen LogP contribution is -2.45. The van der Waals surface area contributed by atoms with Crippen LogP contribution in [0.4, 0.5) is 10.1 Å². The smallest absolute Gasteiger partial charge is 0.249 e. The molecular formula is C31H25FN6O2. The maximum Gasteiger partial charge on any atom is 0.249 e. The van der Waals surface area contributed by atoms with Crippen molar-refractivity contribution in [1.29, 1.82) is 0 Å². The number of para-hydroxylation sites is 2. The maximum absolute atomic E-state index is 14.1. The second-order valence-electron chi connectivity index (χ2n) is 9.37. The quantitative estimate of drug-likeness (QED) is 0.284. The van der Waals surface area contributed by atoms with Crippen molar-refractivity contribution in [2.75, 3.05) is 4.90 Å². The van der Waals surface area contributed by atoms with E-state index in [-0.39, 0.29) is 19.0 Å². The van der Waals surface area contributed by atoms with E-state index in [1.807, 2.05) is 78.9 Å². The highest BCUT2D eigenvalue weighted by atomic mass is 19.1. The molecule has 1 atom stereocenters. The third kappa shape index (κ3) is 4.92. The molecule has 8 nitrogen and oxygen atoms in total. The summed E-state index contributed by atoms with van der Waals surface area (Å²) in [5, 5.41) is 12.1. The molecule has 40 heavy (non-hydrogen) atoms. The summed E-state index contributed by atoms with van der Waals surface area (Å²) < 4.78 is 15.5. The number of halogens is 1. The second-order valence-corrected chi connectivity index (χ2v) is 9.37.